The van der Waals surface area contributed by atoms with Crippen molar-refractivity contribution in [3.63, 3.8) is 0 Å². The van der Waals surface area contributed by atoms with Crippen molar-refractivity contribution in [3.8, 4) is 0 Å². The molecule has 0 radical (unpaired) electrons. The molecule has 2 aliphatic rings. The van der Waals surface area contributed by atoms with E-state index in [4.69, 9.17) is 4.74 Å². The maximum Gasteiger partial charge on any atom is 0.263 e. The summed E-state index contributed by atoms with van der Waals surface area (Å²) in [4.78, 5) is 25.1. The summed E-state index contributed by atoms with van der Waals surface area (Å²) < 4.78 is 7.22. The van der Waals surface area contributed by atoms with Crippen molar-refractivity contribution in [2.24, 2.45) is 5.92 Å². The van der Waals surface area contributed by atoms with Crippen LogP contribution in [0.25, 0.3) is 0 Å². The van der Waals surface area contributed by atoms with Crippen LogP contribution in [0.5, 0.6) is 0 Å². The fourth-order valence-electron chi connectivity index (χ4n) is 4.29. The van der Waals surface area contributed by atoms with Gasteiger partial charge in [0, 0.05) is 37.4 Å². The van der Waals surface area contributed by atoms with Crippen LogP contribution in [0.15, 0.2) is 47.4 Å². The van der Waals surface area contributed by atoms with Crippen molar-refractivity contribution in [2.75, 3.05) is 13.7 Å². The molecule has 2 fully saturated rings. The zero-order valence-electron chi connectivity index (χ0n) is 16.5. The Bertz CT molecular complexity index is 927. The summed E-state index contributed by atoms with van der Waals surface area (Å²) in [7, 11) is 1.49. The van der Waals surface area contributed by atoms with Gasteiger partial charge in [-0.3, -0.25) is 14.9 Å². The smallest absolute Gasteiger partial charge is 0.263 e. The van der Waals surface area contributed by atoms with Crippen molar-refractivity contribution >= 4 is 5.91 Å². The molecule has 0 spiro atoms. The highest BCUT2D eigenvalue weighted by Crippen LogP contribution is 2.38. The number of carbonyl (C=O) groups excluding carboxylic acids is 1. The largest absolute Gasteiger partial charge is 0.378 e. The van der Waals surface area contributed by atoms with Crippen molar-refractivity contribution in [1.82, 2.24) is 15.2 Å². The van der Waals surface area contributed by atoms with E-state index >= 15 is 0 Å². The van der Waals surface area contributed by atoms with E-state index in [0.717, 1.165) is 31.4 Å². The highest BCUT2D eigenvalue weighted by atomic mass is 16.5. The molecular weight excluding hydrogens is 370 g/mol. The number of ether oxygens (including phenoxy) is 1. The molecule has 1 aliphatic heterocycles. The lowest BCUT2D eigenvalue weighted by molar-refractivity contribution is -0.112. The van der Waals surface area contributed by atoms with Crippen LogP contribution >= 0.6 is 0 Å². The first-order chi connectivity index (χ1) is 14.1. The molecule has 1 aromatic carbocycles. The highest BCUT2D eigenvalue weighted by Gasteiger charge is 2.43. The monoisotopic (exact) mass is 397 g/mol. The van der Waals surface area contributed by atoms with Gasteiger partial charge in [0.25, 0.3) is 11.5 Å². The maximum absolute atomic E-state index is 12.8. The summed E-state index contributed by atoms with van der Waals surface area (Å²) in [6, 6.07) is 11.2. The Balaban J connectivity index is 1.59. The quantitative estimate of drug-likeness (QED) is 0.641. The zero-order chi connectivity index (χ0) is 20.4. The van der Waals surface area contributed by atoms with E-state index in [0.29, 0.717) is 18.0 Å². The number of benzene rings is 1. The second-order valence-electron chi connectivity index (χ2n) is 7.81. The summed E-state index contributed by atoms with van der Waals surface area (Å²) in [5, 5.41) is 16.6. The number of aliphatic hydroxyl groups excluding tert-OH is 1. The standard InChI is InChI=1S/C22H27N3O4/c1-23-21(27)17-10-15(13-25(22(17)28)12-14-6-3-2-4-7-14)20(26)24-18-11-19-16(18)8-5-9-29-19/h2-4,6-7,10,13,16,18-20,24,26H,5,8-9,11-12H2,1H3,(H,23,27). The lowest BCUT2D eigenvalue weighted by atomic mass is 9.72. The van der Waals surface area contributed by atoms with Crippen LogP contribution in [-0.2, 0) is 11.3 Å². The Kier molecular flexibility index (Phi) is 5.80. The van der Waals surface area contributed by atoms with Crippen LogP contribution in [0, 0.1) is 5.92 Å². The van der Waals surface area contributed by atoms with E-state index < -0.39 is 12.1 Å². The molecule has 0 bridgehead atoms. The van der Waals surface area contributed by atoms with E-state index in [2.05, 4.69) is 10.6 Å². The molecule has 4 rings (SSSR count). The number of hydrogen-bond acceptors (Lipinski definition) is 5. The normalized spacial score (nSPS) is 24.3. The minimum atomic E-state index is -0.964. The third kappa shape index (κ3) is 4.12. The lowest BCUT2D eigenvalue weighted by Gasteiger charge is -2.48. The summed E-state index contributed by atoms with van der Waals surface area (Å²) in [6.45, 7) is 1.14. The number of amides is 1. The minimum Gasteiger partial charge on any atom is -0.378 e. The highest BCUT2D eigenvalue weighted by molar-refractivity contribution is 5.93. The number of hydrogen-bond donors (Lipinski definition) is 3. The lowest BCUT2D eigenvalue weighted by Crippen LogP contribution is -2.57. The van der Waals surface area contributed by atoms with Gasteiger partial charge in [0.15, 0.2) is 0 Å². The van der Waals surface area contributed by atoms with Crippen molar-refractivity contribution in [1.29, 1.82) is 0 Å². The molecule has 7 nitrogen and oxygen atoms in total. The van der Waals surface area contributed by atoms with Crippen LogP contribution in [0.1, 0.15) is 47.0 Å². The Morgan fingerprint density at radius 3 is 2.86 bits per heavy atom. The van der Waals surface area contributed by atoms with Crippen molar-refractivity contribution < 1.29 is 14.6 Å². The number of carbonyl (C=O) groups is 1. The van der Waals surface area contributed by atoms with Crippen molar-refractivity contribution in [2.45, 2.75) is 44.2 Å². The molecule has 1 aromatic heterocycles. The molecule has 1 amide bonds. The van der Waals surface area contributed by atoms with Gasteiger partial charge in [-0.05, 0) is 30.9 Å². The van der Waals surface area contributed by atoms with Gasteiger partial charge in [0.05, 0.1) is 12.6 Å². The van der Waals surface area contributed by atoms with Gasteiger partial charge in [-0.15, -0.1) is 0 Å². The predicted molar refractivity (Wildman–Crippen MR) is 109 cm³/mol. The van der Waals surface area contributed by atoms with Crippen molar-refractivity contribution in [3.05, 3.63) is 69.6 Å². The SMILES string of the molecule is CNC(=O)c1cc(C(O)NC2CC3OCCCC23)cn(Cc2ccccc2)c1=O. The van der Waals surface area contributed by atoms with Crippen LogP contribution in [0.3, 0.4) is 0 Å². The number of pyridine rings is 1. The van der Waals surface area contributed by atoms with Crippen LogP contribution in [0.2, 0.25) is 0 Å². The molecule has 2 heterocycles. The molecule has 4 unspecified atom stereocenters. The first-order valence-electron chi connectivity index (χ1n) is 10.1. The molecule has 7 heteroatoms. The molecule has 1 saturated heterocycles. The number of aliphatic hydroxyl groups is 1. The second kappa shape index (κ2) is 8.49. The Morgan fingerprint density at radius 1 is 1.34 bits per heavy atom. The van der Waals surface area contributed by atoms with E-state index in [1.165, 1.54) is 17.7 Å². The van der Waals surface area contributed by atoms with Crippen LogP contribution in [-0.4, -0.2) is 41.4 Å². The van der Waals surface area contributed by atoms with Crippen LogP contribution < -0.4 is 16.2 Å². The van der Waals surface area contributed by atoms with Crippen LogP contribution in [0.4, 0.5) is 0 Å². The number of nitrogens with one attached hydrogen (secondary N) is 2. The van der Waals surface area contributed by atoms with E-state index in [1.807, 2.05) is 30.3 Å². The fourth-order valence-corrected chi connectivity index (χ4v) is 4.29. The zero-order valence-corrected chi connectivity index (χ0v) is 16.5. The predicted octanol–water partition coefficient (Wildman–Crippen LogP) is 1.40. The minimum absolute atomic E-state index is 0.0225. The maximum atomic E-state index is 12.8. The number of rotatable bonds is 6. The fraction of sp³-hybridized carbons (Fsp3) is 0.455. The summed E-state index contributed by atoms with van der Waals surface area (Å²) in [5.41, 5.74) is 1.08. The summed E-state index contributed by atoms with van der Waals surface area (Å²) >= 11 is 0. The second-order valence-corrected chi connectivity index (χ2v) is 7.81. The van der Waals surface area contributed by atoms with Gasteiger partial charge in [0.2, 0.25) is 0 Å². The number of aromatic nitrogens is 1. The first kappa shape index (κ1) is 19.8. The first-order valence-corrected chi connectivity index (χ1v) is 10.1. The molecular formula is C22H27N3O4. The average molecular weight is 397 g/mol. The molecule has 29 heavy (non-hydrogen) atoms. The van der Waals surface area contributed by atoms with E-state index in [1.54, 1.807) is 6.20 Å². The van der Waals surface area contributed by atoms with E-state index in [9.17, 15) is 14.7 Å². The van der Waals surface area contributed by atoms with Gasteiger partial charge in [0.1, 0.15) is 11.8 Å². The number of nitrogens with zero attached hydrogens (tertiary/aromatic N) is 1. The summed E-state index contributed by atoms with van der Waals surface area (Å²) in [5.74, 6) is -0.0534. The van der Waals surface area contributed by atoms with E-state index in [-0.39, 0.29) is 23.3 Å². The summed E-state index contributed by atoms with van der Waals surface area (Å²) in [6.07, 6.45) is 3.95. The van der Waals surface area contributed by atoms with Gasteiger partial charge in [-0.1, -0.05) is 30.3 Å². The Morgan fingerprint density at radius 2 is 2.14 bits per heavy atom. The molecule has 2 aromatic rings. The van der Waals surface area contributed by atoms with Gasteiger partial charge in [-0.2, -0.15) is 0 Å². The molecule has 1 saturated carbocycles. The van der Waals surface area contributed by atoms with Gasteiger partial charge >= 0.3 is 0 Å². The van der Waals surface area contributed by atoms with Gasteiger partial charge < -0.3 is 19.7 Å². The number of fused-ring (bicyclic) bond motifs is 1. The molecule has 1 aliphatic carbocycles. The molecule has 4 atom stereocenters. The topological polar surface area (TPSA) is 92.6 Å². The Labute approximate surface area is 169 Å². The third-order valence-electron chi connectivity index (χ3n) is 5.96. The Hall–Kier alpha value is -2.48. The average Bonchev–Trinajstić information content (AvgIpc) is 2.73. The third-order valence-corrected chi connectivity index (χ3v) is 5.96. The molecule has 3 N–H and O–H groups in total. The van der Waals surface area contributed by atoms with Gasteiger partial charge in [-0.25, -0.2) is 0 Å². The molecule has 154 valence electrons.